The molecule has 0 heterocycles. The van der Waals surface area contributed by atoms with Crippen molar-refractivity contribution in [3.8, 4) is 0 Å². The lowest BCUT2D eigenvalue weighted by molar-refractivity contribution is 0.461. The summed E-state index contributed by atoms with van der Waals surface area (Å²) in [5, 5.41) is 7.83. The number of unbranched alkanes of at least 4 members (excludes halogenated alkanes) is 3. The zero-order valence-corrected chi connectivity index (χ0v) is 18.4. The van der Waals surface area contributed by atoms with Gasteiger partial charge in [-0.2, -0.15) is 0 Å². The van der Waals surface area contributed by atoms with Crippen molar-refractivity contribution >= 4 is 17.5 Å². The molecule has 0 unspecified atom stereocenters. The molecule has 28 heavy (non-hydrogen) atoms. The molecule has 3 rings (SSSR count). The Bertz CT molecular complexity index is 607. The van der Waals surface area contributed by atoms with Gasteiger partial charge in [0.1, 0.15) is 0 Å². The van der Waals surface area contributed by atoms with Gasteiger partial charge in [0.15, 0.2) is 0 Å². The predicted molar refractivity (Wildman–Crippen MR) is 125 cm³/mol. The van der Waals surface area contributed by atoms with Crippen LogP contribution in [-0.4, -0.2) is 12.1 Å². The first-order chi connectivity index (χ1) is 13.8. The van der Waals surface area contributed by atoms with Gasteiger partial charge in [-0.15, -0.1) is 0 Å². The van der Waals surface area contributed by atoms with Crippen molar-refractivity contribution in [2.75, 3.05) is 10.6 Å². The van der Waals surface area contributed by atoms with Gasteiger partial charge in [-0.05, 0) is 62.6 Å². The molecule has 1 aromatic rings. The summed E-state index contributed by atoms with van der Waals surface area (Å²) in [4.78, 5) is 0. The molecule has 0 radical (unpaired) electrons. The molecule has 2 saturated carbocycles. The van der Waals surface area contributed by atoms with Gasteiger partial charge in [-0.25, -0.2) is 0 Å². The molecule has 1 aromatic carbocycles. The second-order valence-corrected chi connectivity index (χ2v) is 9.06. The predicted octanol–water partition coefficient (Wildman–Crippen LogP) is 8.08. The van der Waals surface area contributed by atoms with Gasteiger partial charge >= 0.3 is 0 Å². The molecule has 0 atom stereocenters. The molecule has 0 saturated heterocycles. The van der Waals surface area contributed by atoms with Crippen molar-refractivity contribution in [2.24, 2.45) is 0 Å². The smallest absolute Gasteiger partial charge is 0.0466 e. The summed E-state index contributed by atoms with van der Waals surface area (Å²) in [6, 6.07) is 5.96. The van der Waals surface area contributed by atoms with Crippen LogP contribution in [-0.2, 0) is 0 Å². The van der Waals surface area contributed by atoms with Crippen LogP contribution >= 0.6 is 0 Å². The summed E-state index contributed by atoms with van der Waals surface area (Å²) < 4.78 is 0. The maximum Gasteiger partial charge on any atom is 0.0466 e. The molecule has 2 aliphatic rings. The standard InChI is InChI=1S/C26H42N2/c1-3-4-5-6-9-14-22-19-20-25(27-23-15-10-7-11-16-23)21(2)26(22)28-24-17-12-8-13-18-24/h9,14,19-20,23-24,27-28H,3-8,10-13,15-18H2,1-2H3. The summed E-state index contributed by atoms with van der Waals surface area (Å²) in [6.45, 7) is 4.59. The van der Waals surface area contributed by atoms with Gasteiger partial charge in [0.25, 0.3) is 0 Å². The number of rotatable bonds is 9. The molecule has 2 heteroatoms. The number of allylic oxidation sites excluding steroid dienone is 1. The van der Waals surface area contributed by atoms with E-state index in [0.717, 1.165) is 0 Å². The summed E-state index contributed by atoms with van der Waals surface area (Å²) in [5.74, 6) is 0. The zero-order chi connectivity index (χ0) is 19.6. The van der Waals surface area contributed by atoms with Crippen LogP contribution in [0.1, 0.15) is 108 Å². The van der Waals surface area contributed by atoms with Crippen molar-refractivity contribution in [1.29, 1.82) is 0 Å². The van der Waals surface area contributed by atoms with Gasteiger partial charge in [-0.3, -0.25) is 0 Å². The second-order valence-electron chi connectivity index (χ2n) is 9.06. The number of hydrogen-bond acceptors (Lipinski definition) is 2. The Hall–Kier alpha value is -1.44. The van der Waals surface area contributed by atoms with E-state index in [0.29, 0.717) is 12.1 Å². The van der Waals surface area contributed by atoms with Gasteiger partial charge in [0.2, 0.25) is 0 Å². The third-order valence-electron chi connectivity index (χ3n) is 6.69. The van der Waals surface area contributed by atoms with Gasteiger partial charge in [0, 0.05) is 23.5 Å². The molecule has 2 aliphatic carbocycles. The van der Waals surface area contributed by atoms with Crippen molar-refractivity contribution in [2.45, 2.75) is 116 Å². The normalized spacial score (nSPS) is 19.2. The molecular formula is C26H42N2. The van der Waals surface area contributed by atoms with Crippen LogP contribution in [0.4, 0.5) is 11.4 Å². The summed E-state index contributed by atoms with van der Waals surface area (Å²) >= 11 is 0. The Labute approximate surface area is 173 Å². The van der Waals surface area contributed by atoms with E-state index in [1.165, 1.54) is 112 Å². The molecule has 0 amide bonds. The number of hydrogen-bond donors (Lipinski definition) is 2. The van der Waals surface area contributed by atoms with E-state index in [-0.39, 0.29) is 0 Å². The lowest BCUT2D eigenvalue weighted by Gasteiger charge is -2.29. The topological polar surface area (TPSA) is 24.1 Å². The number of anilines is 2. The van der Waals surface area contributed by atoms with E-state index < -0.39 is 0 Å². The fourth-order valence-corrected chi connectivity index (χ4v) is 4.86. The molecule has 0 spiro atoms. The fraction of sp³-hybridized carbons (Fsp3) is 0.692. The van der Waals surface area contributed by atoms with Crippen molar-refractivity contribution in [3.05, 3.63) is 29.3 Å². The molecule has 0 bridgehead atoms. The lowest BCUT2D eigenvalue weighted by atomic mass is 9.93. The summed E-state index contributed by atoms with van der Waals surface area (Å²) in [5.41, 5.74) is 5.49. The van der Waals surface area contributed by atoms with Crippen LogP contribution in [0.15, 0.2) is 18.2 Å². The fourth-order valence-electron chi connectivity index (χ4n) is 4.86. The molecular weight excluding hydrogens is 340 g/mol. The first kappa shape index (κ1) is 21.3. The number of nitrogens with one attached hydrogen (secondary N) is 2. The van der Waals surface area contributed by atoms with Gasteiger partial charge < -0.3 is 10.6 Å². The van der Waals surface area contributed by atoms with Crippen LogP contribution in [0.25, 0.3) is 6.08 Å². The minimum absolute atomic E-state index is 0.643. The molecule has 2 nitrogen and oxygen atoms in total. The minimum atomic E-state index is 0.643. The van der Waals surface area contributed by atoms with Crippen LogP contribution < -0.4 is 10.6 Å². The first-order valence-corrected chi connectivity index (χ1v) is 12.1. The highest BCUT2D eigenvalue weighted by molar-refractivity contribution is 5.76. The maximum atomic E-state index is 3.96. The average molecular weight is 383 g/mol. The zero-order valence-electron chi connectivity index (χ0n) is 18.4. The second kappa shape index (κ2) is 11.5. The van der Waals surface area contributed by atoms with Gasteiger partial charge in [-0.1, -0.05) is 76.5 Å². The van der Waals surface area contributed by atoms with Crippen LogP contribution in [0.3, 0.4) is 0 Å². The van der Waals surface area contributed by atoms with E-state index in [1.54, 1.807) is 0 Å². The highest BCUT2D eigenvalue weighted by Gasteiger charge is 2.18. The third kappa shape index (κ3) is 6.29. The highest BCUT2D eigenvalue weighted by Crippen LogP contribution is 2.33. The SMILES string of the molecule is CCCCCC=Cc1ccc(NC2CCCCC2)c(C)c1NC1CCCCC1. The molecule has 2 fully saturated rings. The van der Waals surface area contributed by atoms with Gasteiger partial charge in [0.05, 0.1) is 0 Å². The highest BCUT2D eigenvalue weighted by atomic mass is 15.0. The van der Waals surface area contributed by atoms with E-state index in [9.17, 15) is 0 Å². The third-order valence-corrected chi connectivity index (χ3v) is 6.69. The van der Waals surface area contributed by atoms with Crippen molar-refractivity contribution < 1.29 is 0 Å². The number of benzene rings is 1. The van der Waals surface area contributed by atoms with Crippen LogP contribution in [0.5, 0.6) is 0 Å². The molecule has 156 valence electrons. The van der Waals surface area contributed by atoms with E-state index >= 15 is 0 Å². The molecule has 2 N–H and O–H groups in total. The quantitative estimate of drug-likeness (QED) is 0.422. The van der Waals surface area contributed by atoms with Crippen LogP contribution in [0.2, 0.25) is 0 Å². The Balaban J connectivity index is 1.75. The minimum Gasteiger partial charge on any atom is -0.382 e. The van der Waals surface area contributed by atoms with Crippen LogP contribution in [0, 0.1) is 6.92 Å². The summed E-state index contributed by atoms with van der Waals surface area (Å²) in [6.07, 6.45) is 23.5. The first-order valence-electron chi connectivity index (χ1n) is 12.1. The molecule has 0 aromatic heterocycles. The van der Waals surface area contributed by atoms with E-state index in [1.807, 2.05) is 0 Å². The van der Waals surface area contributed by atoms with E-state index in [4.69, 9.17) is 0 Å². The van der Waals surface area contributed by atoms with Crippen molar-refractivity contribution in [1.82, 2.24) is 0 Å². The Morgan fingerprint density at radius 2 is 1.50 bits per heavy atom. The monoisotopic (exact) mass is 382 g/mol. The lowest BCUT2D eigenvalue weighted by Crippen LogP contribution is -2.25. The van der Waals surface area contributed by atoms with Crippen molar-refractivity contribution in [3.63, 3.8) is 0 Å². The largest absolute Gasteiger partial charge is 0.382 e. The van der Waals surface area contributed by atoms with E-state index in [2.05, 4.69) is 48.8 Å². The maximum absolute atomic E-state index is 3.96. The summed E-state index contributed by atoms with van der Waals surface area (Å²) in [7, 11) is 0. The molecule has 0 aliphatic heterocycles. The average Bonchev–Trinajstić information content (AvgIpc) is 2.73. The Morgan fingerprint density at radius 1 is 0.857 bits per heavy atom. The Morgan fingerprint density at radius 3 is 2.14 bits per heavy atom. The Kier molecular flexibility index (Phi) is 8.76.